The molecule has 1 rings (SSSR count). The van der Waals surface area contributed by atoms with Crippen LogP contribution in [0.15, 0.2) is 24.3 Å². The molecule has 1 aromatic carbocycles. The Kier molecular flexibility index (Phi) is 4.53. The molecule has 0 atom stereocenters. The van der Waals surface area contributed by atoms with Crippen molar-refractivity contribution in [1.29, 1.82) is 0 Å². The van der Waals surface area contributed by atoms with E-state index in [1.54, 1.807) is 0 Å². The quantitative estimate of drug-likeness (QED) is 0.696. The van der Waals surface area contributed by atoms with Crippen LogP contribution in [0, 0.1) is 0 Å². The van der Waals surface area contributed by atoms with E-state index in [4.69, 9.17) is 5.11 Å². The van der Waals surface area contributed by atoms with Crippen LogP contribution in [0.25, 0.3) is 0 Å². The molecule has 0 saturated carbocycles. The first kappa shape index (κ1) is 11.1. The number of hydrogen-bond donors (Lipinski definition) is 1. The fourth-order valence-corrected chi connectivity index (χ4v) is 1.49. The molecule has 0 fully saturated rings. The van der Waals surface area contributed by atoms with Gasteiger partial charge in [0.2, 0.25) is 0 Å². The summed E-state index contributed by atoms with van der Waals surface area (Å²) in [6.07, 6.45) is 0. The van der Waals surface area contributed by atoms with E-state index in [1.807, 2.05) is 12.9 Å². The highest BCUT2D eigenvalue weighted by atomic mass is 16.3. The monoisotopic (exact) mass is 190 g/mol. The van der Waals surface area contributed by atoms with Gasteiger partial charge in [0, 0.05) is 18.8 Å². The number of anilines is 1. The van der Waals surface area contributed by atoms with Gasteiger partial charge in [-0.15, -0.1) is 0 Å². The molecular formula is C11H17BNO. The molecule has 14 heavy (non-hydrogen) atoms. The van der Waals surface area contributed by atoms with Gasteiger partial charge in [0.25, 0.3) is 0 Å². The van der Waals surface area contributed by atoms with Gasteiger partial charge in [-0.25, -0.2) is 0 Å². The molecule has 1 radical (unpaired) electrons. The number of likely N-dealkylation sites (N-methyl/N-ethyl adjacent to an activating group) is 1. The standard InChI is InChI=1S/C11H17BNO/c1-3-13(7-8-14)11-6-4-5-10(9-11)12-2/h4-6,9,14H,3,7-8H2,1-2H3. The zero-order valence-corrected chi connectivity index (χ0v) is 8.90. The Bertz CT molecular complexity index is 278. The lowest BCUT2D eigenvalue weighted by molar-refractivity contribution is 0.302. The summed E-state index contributed by atoms with van der Waals surface area (Å²) >= 11 is 0. The van der Waals surface area contributed by atoms with E-state index in [0.29, 0.717) is 6.54 Å². The van der Waals surface area contributed by atoms with E-state index in [-0.39, 0.29) is 6.61 Å². The molecule has 3 heteroatoms. The van der Waals surface area contributed by atoms with Crippen LogP contribution in [-0.4, -0.2) is 32.1 Å². The number of benzene rings is 1. The largest absolute Gasteiger partial charge is 0.395 e. The Morgan fingerprint density at radius 3 is 2.79 bits per heavy atom. The summed E-state index contributed by atoms with van der Waals surface area (Å²) in [5.41, 5.74) is 2.40. The maximum Gasteiger partial charge on any atom is 0.148 e. The number of hydrogen-bond acceptors (Lipinski definition) is 2. The Labute approximate surface area is 86.8 Å². The van der Waals surface area contributed by atoms with Crippen molar-refractivity contribution in [1.82, 2.24) is 0 Å². The van der Waals surface area contributed by atoms with Crippen LogP contribution in [0.2, 0.25) is 6.82 Å². The van der Waals surface area contributed by atoms with Crippen LogP contribution in [0.3, 0.4) is 0 Å². The molecule has 0 bridgehead atoms. The Morgan fingerprint density at radius 1 is 1.43 bits per heavy atom. The van der Waals surface area contributed by atoms with Crippen LogP contribution < -0.4 is 10.4 Å². The van der Waals surface area contributed by atoms with Crippen molar-refractivity contribution in [3.63, 3.8) is 0 Å². The van der Waals surface area contributed by atoms with Crippen LogP contribution in [0.4, 0.5) is 5.69 Å². The average molecular weight is 190 g/mol. The predicted molar refractivity (Wildman–Crippen MR) is 62.7 cm³/mol. The first-order valence-corrected chi connectivity index (χ1v) is 5.07. The summed E-state index contributed by atoms with van der Waals surface area (Å²) in [6, 6.07) is 8.34. The number of aliphatic hydroxyl groups is 1. The van der Waals surface area contributed by atoms with Gasteiger partial charge in [-0.2, -0.15) is 0 Å². The molecule has 0 amide bonds. The Morgan fingerprint density at radius 2 is 2.21 bits per heavy atom. The first-order chi connectivity index (χ1) is 6.81. The maximum absolute atomic E-state index is 8.91. The van der Waals surface area contributed by atoms with E-state index in [1.165, 1.54) is 11.2 Å². The minimum atomic E-state index is 0.202. The fraction of sp³-hybridized carbons (Fsp3) is 0.455. The lowest BCUT2D eigenvalue weighted by atomic mass is 9.73. The van der Waals surface area contributed by atoms with Gasteiger partial charge in [0.1, 0.15) is 7.28 Å². The lowest BCUT2D eigenvalue weighted by Crippen LogP contribution is -2.27. The van der Waals surface area contributed by atoms with Crippen molar-refractivity contribution in [3.05, 3.63) is 24.3 Å². The van der Waals surface area contributed by atoms with Gasteiger partial charge in [0.05, 0.1) is 6.61 Å². The highest BCUT2D eigenvalue weighted by molar-refractivity contribution is 6.52. The van der Waals surface area contributed by atoms with Crippen molar-refractivity contribution >= 4 is 18.4 Å². The molecule has 0 aliphatic heterocycles. The van der Waals surface area contributed by atoms with Crippen LogP contribution in [0.5, 0.6) is 0 Å². The third-order valence-electron chi connectivity index (χ3n) is 2.32. The topological polar surface area (TPSA) is 23.5 Å². The minimum Gasteiger partial charge on any atom is -0.395 e. The summed E-state index contributed by atoms with van der Waals surface area (Å²) in [6.45, 7) is 5.95. The van der Waals surface area contributed by atoms with Crippen molar-refractivity contribution < 1.29 is 5.11 Å². The molecule has 0 aliphatic carbocycles. The summed E-state index contributed by atoms with van der Waals surface area (Å²) in [5.74, 6) is 0. The summed E-state index contributed by atoms with van der Waals surface area (Å²) in [7, 11) is 2.08. The molecule has 1 aromatic rings. The van der Waals surface area contributed by atoms with Crippen molar-refractivity contribution in [2.24, 2.45) is 0 Å². The maximum atomic E-state index is 8.91. The van der Waals surface area contributed by atoms with Crippen molar-refractivity contribution in [2.45, 2.75) is 13.7 Å². The molecule has 0 aromatic heterocycles. The van der Waals surface area contributed by atoms with Gasteiger partial charge in [-0.1, -0.05) is 24.4 Å². The Balaban J connectivity index is 2.80. The molecule has 0 aliphatic rings. The second-order valence-corrected chi connectivity index (χ2v) is 3.19. The summed E-state index contributed by atoms with van der Waals surface area (Å²) in [5, 5.41) is 8.91. The third kappa shape index (κ3) is 2.77. The highest BCUT2D eigenvalue weighted by Gasteiger charge is 2.03. The summed E-state index contributed by atoms with van der Waals surface area (Å²) < 4.78 is 0. The van der Waals surface area contributed by atoms with Gasteiger partial charge in [-0.3, -0.25) is 0 Å². The number of rotatable bonds is 5. The fourth-order valence-electron chi connectivity index (χ4n) is 1.49. The van der Waals surface area contributed by atoms with Gasteiger partial charge >= 0.3 is 0 Å². The van der Waals surface area contributed by atoms with E-state index in [0.717, 1.165) is 6.54 Å². The molecule has 1 N–H and O–H groups in total. The second-order valence-electron chi connectivity index (χ2n) is 3.19. The average Bonchev–Trinajstić information content (AvgIpc) is 2.26. The summed E-state index contributed by atoms with van der Waals surface area (Å²) in [4.78, 5) is 2.16. The van der Waals surface area contributed by atoms with Gasteiger partial charge in [-0.05, 0) is 19.1 Å². The number of nitrogens with zero attached hydrogens (tertiary/aromatic N) is 1. The molecule has 0 spiro atoms. The minimum absolute atomic E-state index is 0.202. The molecule has 75 valence electrons. The SMILES string of the molecule is C[B]c1cccc(N(CC)CCO)c1. The molecule has 0 saturated heterocycles. The van der Waals surface area contributed by atoms with E-state index < -0.39 is 0 Å². The Hall–Kier alpha value is -0.955. The van der Waals surface area contributed by atoms with E-state index >= 15 is 0 Å². The first-order valence-electron chi connectivity index (χ1n) is 5.07. The van der Waals surface area contributed by atoms with Crippen LogP contribution in [0.1, 0.15) is 6.92 Å². The lowest BCUT2D eigenvalue weighted by Gasteiger charge is -2.22. The van der Waals surface area contributed by atoms with E-state index in [9.17, 15) is 0 Å². The molecule has 2 nitrogen and oxygen atoms in total. The zero-order chi connectivity index (χ0) is 10.4. The normalized spacial score (nSPS) is 9.93. The predicted octanol–water partition coefficient (Wildman–Crippen LogP) is 0.883. The smallest absolute Gasteiger partial charge is 0.148 e. The van der Waals surface area contributed by atoms with Gasteiger partial charge in [0.15, 0.2) is 0 Å². The van der Waals surface area contributed by atoms with Crippen molar-refractivity contribution in [2.75, 3.05) is 24.6 Å². The second kappa shape index (κ2) is 5.71. The van der Waals surface area contributed by atoms with E-state index in [2.05, 4.69) is 37.3 Å². The molecular weight excluding hydrogens is 173 g/mol. The molecule has 0 unspecified atom stereocenters. The van der Waals surface area contributed by atoms with Crippen LogP contribution in [-0.2, 0) is 0 Å². The zero-order valence-electron chi connectivity index (χ0n) is 8.90. The number of aliphatic hydroxyl groups excluding tert-OH is 1. The highest BCUT2D eigenvalue weighted by Crippen LogP contribution is 2.10. The van der Waals surface area contributed by atoms with Crippen LogP contribution >= 0.6 is 0 Å². The van der Waals surface area contributed by atoms with Crippen molar-refractivity contribution in [3.8, 4) is 0 Å². The molecule has 0 heterocycles. The third-order valence-corrected chi connectivity index (χ3v) is 2.32. The van der Waals surface area contributed by atoms with Gasteiger partial charge < -0.3 is 10.0 Å².